The molecule has 2 aromatic rings. The molecule has 0 saturated heterocycles. The van der Waals surface area contributed by atoms with Crippen LogP contribution in [0.4, 0.5) is 16.4 Å². The quantitative estimate of drug-likeness (QED) is 0.626. The van der Waals surface area contributed by atoms with Gasteiger partial charge in [0.15, 0.2) is 0 Å². The zero-order chi connectivity index (χ0) is 17.4. The molecule has 3 rings (SSSR count). The summed E-state index contributed by atoms with van der Waals surface area (Å²) >= 11 is 7.49. The van der Waals surface area contributed by atoms with Gasteiger partial charge in [0.05, 0.1) is 26.2 Å². The molecule has 0 aliphatic heterocycles. The molecule has 1 atom stereocenters. The van der Waals surface area contributed by atoms with Crippen LogP contribution in [0.1, 0.15) is 34.1 Å². The second-order valence-electron chi connectivity index (χ2n) is 5.97. The number of nitro groups is 1. The third-order valence-electron chi connectivity index (χ3n) is 4.17. The Labute approximate surface area is 147 Å². The van der Waals surface area contributed by atoms with Crippen molar-refractivity contribution in [3.05, 3.63) is 49.3 Å². The summed E-state index contributed by atoms with van der Waals surface area (Å²) in [5.41, 5.74) is 7.60. The maximum atomic E-state index is 12.7. The first-order valence-electron chi connectivity index (χ1n) is 7.52. The van der Waals surface area contributed by atoms with Gasteiger partial charge in [-0.25, -0.2) is 0 Å². The topological polar surface area (TPSA) is 98.3 Å². The molecule has 1 aliphatic carbocycles. The van der Waals surface area contributed by atoms with Gasteiger partial charge in [-0.05, 0) is 36.8 Å². The van der Waals surface area contributed by atoms with Crippen LogP contribution in [-0.4, -0.2) is 10.8 Å². The van der Waals surface area contributed by atoms with Crippen LogP contribution >= 0.6 is 22.9 Å². The minimum atomic E-state index is -0.534. The van der Waals surface area contributed by atoms with Gasteiger partial charge in [0, 0.05) is 17.0 Å². The maximum absolute atomic E-state index is 12.7. The van der Waals surface area contributed by atoms with Gasteiger partial charge in [0.1, 0.15) is 0 Å². The molecular formula is C16H16ClN3O3S. The predicted molar refractivity (Wildman–Crippen MR) is 96.0 cm³/mol. The van der Waals surface area contributed by atoms with Crippen LogP contribution in [0.5, 0.6) is 0 Å². The van der Waals surface area contributed by atoms with E-state index in [1.165, 1.54) is 29.5 Å². The molecule has 0 saturated carbocycles. The average molecular weight is 366 g/mol. The number of nitrogen functional groups attached to an aromatic ring is 1. The third-order valence-corrected chi connectivity index (χ3v) is 5.59. The van der Waals surface area contributed by atoms with Gasteiger partial charge in [0.2, 0.25) is 0 Å². The Balaban J connectivity index is 1.92. The Bertz CT molecular complexity index is 834. The van der Waals surface area contributed by atoms with Crippen LogP contribution in [0.25, 0.3) is 0 Å². The second-order valence-corrected chi connectivity index (χ2v) is 7.51. The smallest absolute Gasteiger partial charge is 0.271 e. The summed E-state index contributed by atoms with van der Waals surface area (Å²) < 4.78 is 0. The maximum Gasteiger partial charge on any atom is 0.271 e. The standard InChI is InChI=1S/C16H16ClN3O3S/c1-8-2-4-10-13(6-8)24-15(18)14(10)16(21)19-12-7-9(20(22)23)3-5-11(12)17/h3,5,7-8H,2,4,6,18H2,1H3,(H,19,21)/t8-/m0/s1. The summed E-state index contributed by atoms with van der Waals surface area (Å²) in [6, 6.07) is 3.93. The zero-order valence-electron chi connectivity index (χ0n) is 13.0. The molecule has 6 nitrogen and oxygen atoms in total. The van der Waals surface area contributed by atoms with Crippen LogP contribution in [-0.2, 0) is 12.8 Å². The highest BCUT2D eigenvalue weighted by Gasteiger charge is 2.27. The number of non-ortho nitro benzene ring substituents is 1. The van der Waals surface area contributed by atoms with Crippen molar-refractivity contribution in [2.75, 3.05) is 11.1 Å². The van der Waals surface area contributed by atoms with Crippen molar-refractivity contribution in [2.45, 2.75) is 26.2 Å². The minimum Gasteiger partial charge on any atom is -0.390 e. The highest BCUT2D eigenvalue weighted by Crippen LogP contribution is 2.38. The second kappa shape index (κ2) is 6.41. The molecule has 0 unspecified atom stereocenters. The van der Waals surface area contributed by atoms with Gasteiger partial charge in [-0.3, -0.25) is 14.9 Å². The molecule has 0 radical (unpaired) electrons. The predicted octanol–water partition coefficient (Wildman–Crippen LogP) is 4.27. The Morgan fingerprint density at radius 1 is 1.50 bits per heavy atom. The van der Waals surface area contributed by atoms with Crippen molar-refractivity contribution >= 4 is 45.2 Å². The number of carbonyl (C=O) groups excluding carboxylic acids is 1. The largest absolute Gasteiger partial charge is 0.390 e. The number of rotatable bonds is 3. The molecule has 1 aromatic heterocycles. The van der Waals surface area contributed by atoms with Crippen molar-refractivity contribution in [1.82, 2.24) is 0 Å². The van der Waals surface area contributed by atoms with E-state index < -0.39 is 4.92 Å². The first-order valence-corrected chi connectivity index (χ1v) is 8.71. The number of halogens is 1. The van der Waals surface area contributed by atoms with Crippen LogP contribution in [0.15, 0.2) is 18.2 Å². The summed E-state index contributed by atoms with van der Waals surface area (Å²) in [7, 11) is 0. The fourth-order valence-corrected chi connectivity index (χ4v) is 4.37. The molecule has 1 heterocycles. The zero-order valence-corrected chi connectivity index (χ0v) is 14.5. The van der Waals surface area contributed by atoms with Gasteiger partial charge < -0.3 is 11.1 Å². The van der Waals surface area contributed by atoms with Gasteiger partial charge in [0.25, 0.3) is 11.6 Å². The van der Waals surface area contributed by atoms with Gasteiger partial charge in [-0.2, -0.15) is 0 Å². The first-order chi connectivity index (χ1) is 11.4. The monoisotopic (exact) mass is 365 g/mol. The number of amides is 1. The highest BCUT2D eigenvalue weighted by molar-refractivity contribution is 7.16. The molecule has 1 aliphatic rings. The number of anilines is 2. The van der Waals surface area contributed by atoms with E-state index in [2.05, 4.69) is 12.2 Å². The van der Waals surface area contributed by atoms with E-state index in [1.807, 2.05) is 0 Å². The lowest BCUT2D eigenvalue weighted by molar-refractivity contribution is -0.384. The molecule has 1 aromatic carbocycles. The fourth-order valence-electron chi connectivity index (χ4n) is 2.93. The van der Waals surface area contributed by atoms with E-state index in [0.717, 1.165) is 29.7 Å². The van der Waals surface area contributed by atoms with Gasteiger partial charge in [-0.15, -0.1) is 11.3 Å². The lowest BCUT2D eigenvalue weighted by Gasteiger charge is -2.18. The van der Waals surface area contributed by atoms with Crippen molar-refractivity contribution in [2.24, 2.45) is 5.92 Å². The summed E-state index contributed by atoms with van der Waals surface area (Å²) in [6.07, 6.45) is 2.76. The number of nitrogens with one attached hydrogen (secondary N) is 1. The Morgan fingerprint density at radius 2 is 2.25 bits per heavy atom. The van der Waals surface area contributed by atoms with Crippen LogP contribution < -0.4 is 11.1 Å². The normalized spacial score (nSPS) is 16.5. The van der Waals surface area contributed by atoms with Crippen LogP contribution in [0, 0.1) is 16.0 Å². The van der Waals surface area contributed by atoms with Crippen LogP contribution in [0.3, 0.4) is 0 Å². The molecule has 3 N–H and O–H groups in total. The molecule has 0 fully saturated rings. The number of hydrogen-bond acceptors (Lipinski definition) is 5. The highest BCUT2D eigenvalue weighted by atomic mass is 35.5. The average Bonchev–Trinajstić information content (AvgIpc) is 2.84. The van der Waals surface area contributed by atoms with E-state index in [-0.39, 0.29) is 22.3 Å². The SMILES string of the molecule is C[C@H]1CCc2c(sc(N)c2C(=O)Nc2cc([N+](=O)[O-])ccc2Cl)C1. The summed E-state index contributed by atoms with van der Waals surface area (Å²) in [5, 5.41) is 14.3. The number of nitro benzene ring substituents is 1. The van der Waals surface area contributed by atoms with E-state index in [4.69, 9.17) is 17.3 Å². The Morgan fingerprint density at radius 3 is 2.96 bits per heavy atom. The van der Waals surface area contributed by atoms with Gasteiger partial charge in [-0.1, -0.05) is 18.5 Å². The van der Waals surface area contributed by atoms with Crippen molar-refractivity contribution < 1.29 is 9.72 Å². The summed E-state index contributed by atoms with van der Waals surface area (Å²) in [4.78, 5) is 24.2. The molecule has 0 spiro atoms. The number of carbonyl (C=O) groups is 1. The number of nitrogens with zero attached hydrogens (tertiary/aromatic N) is 1. The molecule has 8 heteroatoms. The van der Waals surface area contributed by atoms with Gasteiger partial charge >= 0.3 is 0 Å². The summed E-state index contributed by atoms with van der Waals surface area (Å²) in [5.74, 6) is 0.208. The lowest BCUT2D eigenvalue weighted by Crippen LogP contribution is -2.17. The summed E-state index contributed by atoms with van der Waals surface area (Å²) in [6.45, 7) is 2.18. The number of benzene rings is 1. The lowest BCUT2D eigenvalue weighted by atomic mass is 9.88. The van der Waals surface area contributed by atoms with E-state index in [9.17, 15) is 14.9 Å². The van der Waals surface area contributed by atoms with Crippen LogP contribution in [0.2, 0.25) is 5.02 Å². The minimum absolute atomic E-state index is 0.135. The number of hydrogen-bond donors (Lipinski definition) is 2. The third kappa shape index (κ3) is 3.09. The Hall–Kier alpha value is -2.12. The number of fused-ring (bicyclic) bond motifs is 1. The van der Waals surface area contributed by atoms with Crippen molar-refractivity contribution in [1.29, 1.82) is 0 Å². The van der Waals surface area contributed by atoms with Crippen molar-refractivity contribution in [3.8, 4) is 0 Å². The number of nitrogens with two attached hydrogens (primary N) is 1. The molecule has 0 bridgehead atoms. The Kier molecular flexibility index (Phi) is 4.47. The first kappa shape index (κ1) is 16.7. The fraction of sp³-hybridized carbons (Fsp3) is 0.312. The molecule has 126 valence electrons. The number of thiophene rings is 1. The van der Waals surface area contributed by atoms with E-state index in [1.54, 1.807) is 0 Å². The van der Waals surface area contributed by atoms with Crippen molar-refractivity contribution in [3.63, 3.8) is 0 Å². The van der Waals surface area contributed by atoms with E-state index >= 15 is 0 Å². The molecule has 24 heavy (non-hydrogen) atoms. The molecular weight excluding hydrogens is 350 g/mol. The van der Waals surface area contributed by atoms with E-state index in [0.29, 0.717) is 16.5 Å². The molecule has 1 amide bonds.